The number of ether oxygens (including phenoxy) is 1. The van der Waals surface area contributed by atoms with Gasteiger partial charge >= 0.3 is 0 Å². The minimum atomic E-state index is -0.638. The molecule has 0 fully saturated rings. The quantitative estimate of drug-likeness (QED) is 0.812. The molecule has 0 spiro atoms. The standard InChI is InChI=1S/C11H13ClO2S/c1-2-14-11-9(12)10(13)7-5-3-4-6-8(7)15-11/h3-6,9-11,13H,2H2,1H3/t9-,10+,11-/m1/s1. The maximum Gasteiger partial charge on any atom is 0.126 e. The van der Waals surface area contributed by atoms with Crippen LogP contribution in [0.1, 0.15) is 18.6 Å². The average Bonchev–Trinajstić information content (AvgIpc) is 2.26. The smallest absolute Gasteiger partial charge is 0.126 e. The molecule has 1 aliphatic heterocycles. The number of benzene rings is 1. The predicted molar refractivity (Wildman–Crippen MR) is 62.3 cm³/mol. The first kappa shape index (κ1) is 11.3. The molecule has 0 bridgehead atoms. The van der Waals surface area contributed by atoms with E-state index in [2.05, 4.69) is 0 Å². The van der Waals surface area contributed by atoms with Crippen LogP contribution in [0.15, 0.2) is 29.2 Å². The Morgan fingerprint density at radius 1 is 1.47 bits per heavy atom. The molecule has 0 aromatic heterocycles. The van der Waals surface area contributed by atoms with Gasteiger partial charge in [0.15, 0.2) is 0 Å². The second-order valence-electron chi connectivity index (χ2n) is 3.37. The molecule has 0 radical (unpaired) electrons. The summed E-state index contributed by atoms with van der Waals surface area (Å²) in [5.74, 6) is 0. The van der Waals surface area contributed by atoms with Crippen LogP contribution >= 0.6 is 23.4 Å². The summed E-state index contributed by atoms with van der Waals surface area (Å²) in [6.45, 7) is 2.53. The van der Waals surface area contributed by atoms with Crippen molar-refractivity contribution in [2.45, 2.75) is 28.7 Å². The van der Waals surface area contributed by atoms with Crippen LogP contribution in [-0.2, 0) is 4.74 Å². The van der Waals surface area contributed by atoms with Gasteiger partial charge < -0.3 is 9.84 Å². The number of aliphatic hydroxyl groups excluding tert-OH is 1. The van der Waals surface area contributed by atoms with Gasteiger partial charge in [-0.1, -0.05) is 30.0 Å². The Morgan fingerprint density at radius 3 is 2.93 bits per heavy atom. The highest BCUT2D eigenvalue weighted by Crippen LogP contribution is 2.43. The fourth-order valence-corrected chi connectivity index (χ4v) is 3.21. The van der Waals surface area contributed by atoms with Crippen LogP contribution in [0.5, 0.6) is 0 Å². The Morgan fingerprint density at radius 2 is 2.20 bits per heavy atom. The summed E-state index contributed by atoms with van der Waals surface area (Å²) in [4.78, 5) is 1.06. The Hall–Kier alpha value is -0.220. The van der Waals surface area contributed by atoms with Gasteiger partial charge in [0.25, 0.3) is 0 Å². The average molecular weight is 245 g/mol. The summed E-state index contributed by atoms with van der Waals surface area (Å²) in [5, 5.41) is 9.62. The van der Waals surface area contributed by atoms with Crippen LogP contribution in [0.25, 0.3) is 0 Å². The summed E-state index contributed by atoms with van der Waals surface area (Å²) < 4.78 is 5.49. The van der Waals surface area contributed by atoms with E-state index >= 15 is 0 Å². The van der Waals surface area contributed by atoms with Crippen LogP contribution in [0.3, 0.4) is 0 Å². The van der Waals surface area contributed by atoms with Gasteiger partial charge in [-0.2, -0.15) is 0 Å². The van der Waals surface area contributed by atoms with E-state index in [4.69, 9.17) is 16.3 Å². The highest BCUT2D eigenvalue weighted by molar-refractivity contribution is 8.00. The molecule has 82 valence electrons. The molecular formula is C11H13ClO2S. The zero-order valence-electron chi connectivity index (χ0n) is 8.39. The zero-order valence-corrected chi connectivity index (χ0v) is 9.96. The molecule has 2 nitrogen and oxygen atoms in total. The van der Waals surface area contributed by atoms with Crippen molar-refractivity contribution in [3.05, 3.63) is 29.8 Å². The van der Waals surface area contributed by atoms with Crippen molar-refractivity contribution >= 4 is 23.4 Å². The van der Waals surface area contributed by atoms with Crippen LogP contribution in [0.2, 0.25) is 0 Å². The number of thioether (sulfide) groups is 1. The van der Waals surface area contributed by atoms with E-state index in [9.17, 15) is 5.11 Å². The van der Waals surface area contributed by atoms with E-state index in [1.807, 2.05) is 31.2 Å². The first-order valence-electron chi connectivity index (χ1n) is 4.93. The second-order valence-corrected chi connectivity index (χ2v) is 5.01. The third-order valence-corrected chi connectivity index (χ3v) is 4.28. The van der Waals surface area contributed by atoms with Crippen LogP contribution in [0, 0.1) is 0 Å². The lowest BCUT2D eigenvalue weighted by molar-refractivity contribution is 0.0686. The molecule has 0 saturated heterocycles. The Bertz CT molecular complexity index is 345. The van der Waals surface area contributed by atoms with Gasteiger partial charge in [-0.25, -0.2) is 0 Å². The van der Waals surface area contributed by atoms with Gasteiger partial charge in [0.1, 0.15) is 5.44 Å². The molecule has 1 aromatic rings. The van der Waals surface area contributed by atoms with Crippen molar-refractivity contribution in [1.82, 2.24) is 0 Å². The topological polar surface area (TPSA) is 29.5 Å². The maximum atomic E-state index is 10.0. The molecule has 2 rings (SSSR count). The van der Waals surface area contributed by atoms with E-state index in [0.717, 1.165) is 10.5 Å². The molecule has 0 amide bonds. The first-order valence-corrected chi connectivity index (χ1v) is 6.25. The normalized spacial score (nSPS) is 29.9. The largest absolute Gasteiger partial charge is 0.387 e. The van der Waals surface area contributed by atoms with Gasteiger partial charge in [-0.05, 0) is 18.6 Å². The molecule has 0 unspecified atom stereocenters. The molecule has 15 heavy (non-hydrogen) atoms. The highest BCUT2D eigenvalue weighted by Gasteiger charge is 2.35. The SMILES string of the molecule is CCO[C@@H]1Sc2ccccc2[C@H](O)[C@H]1Cl. The fourth-order valence-electron chi connectivity index (χ4n) is 1.63. The highest BCUT2D eigenvalue weighted by atomic mass is 35.5. The number of hydrogen-bond donors (Lipinski definition) is 1. The Balaban J connectivity index is 2.28. The van der Waals surface area contributed by atoms with Crippen molar-refractivity contribution in [3.8, 4) is 0 Å². The summed E-state index contributed by atoms with van der Waals surface area (Å²) in [7, 11) is 0. The molecular weight excluding hydrogens is 232 g/mol. The second kappa shape index (κ2) is 4.74. The summed E-state index contributed by atoms with van der Waals surface area (Å²) in [6, 6.07) is 7.76. The van der Waals surface area contributed by atoms with Crippen molar-refractivity contribution < 1.29 is 9.84 Å². The van der Waals surface area contributed by atoms with Gasteiger partial charge in [0.2, 0.25) is 0 Å². The number of hydrogen-bond acceptors (Lipinski definition) is 3. The van der Waals surface area contributed by atoms with Gasteiger partial charge in [-0.15, -0.1) is 11.6 Å². The van der Waals surface area contributed by atoms with Gasteiger partial charge in [-0.3, -0.25) is 0 Å². The fraction of sp³-hybridized carbons (Fsp3) is 0.455. The van der Waals surface area contributed by atoms with Gasteiger partial charge in [0, 0.05) is 11.5 Å². The summed E-state index contributed by atoms with van der Waals surface area (Å²) >= 11 is 7.72. The lowest BCUT2D eigenvalue weighted by Crippen LogP contribution is -2.31. The molecule has 3 atom stereocenters. The van der Waals surface area contributed by atoms with E-state index in [1.54, 1.807) is 11.8 Å². The van der Waals surface area contributed by atoms with Crippen LogP contribution < -0.4 is 0 Å². The summed E-state index contributed by atoms with van der Waals surface area (Å²) in [6.07, 6.45) is -0.638. The predicted octanol–water partition coefficient (Wildman–Crippen LogP) is 2.80. The number of halogens is 1. The minimum absolute atomic E-state index is 0.165. The van der Waals surface area contributed by atoms with E-state index < -0.39 is 6.10 Å². The molecule has 0 saturated carbocycles. The molecule has 1 N–H and O–H groups in total. The third-order valence-electron chi connectivity index (χ3n) is 2.37. The molecule has 4 heteroatoms. The Kier molecular flexibility index (Phi) is 3.57. The Labute approximate surface area is 98.6 Å². The minimum Gasteiger partial charge on any atom is -0.387 e. The summed E-state index contributed by atoms with van der Waals surface area (Å²) in [5.41, 5.74) is 0.736. The monoisotopic (exact) mass is 244 g/mol. The maximum absolute atomic E-state index is 10.0. The van der Waals surface area contributed by atoms with Crippen LogP contribution in [-0.4, -0.2) is 22.5 Å². The van der Waals surface area contributed by atoms with E-state index in [-0.39, 0.29) is 10.8 Å². The molecule has 1 heterocycles. The molecule has 1 aliphatic rings. The third kappa shape index (κ3) is 2.16. The lowest BCUT2D eigenvalue weighted by Gasteiger charge is -2.32. The van der Waals surface area contributed by atoms with Gasteiger partial charge in [0.05, 0.1) is 11.5 Å². The van der Waals surface area contributed by atoms with Crippen molar-refractivity contribution in [2.24, 2.45) is 0 Å². The number of aliphatic hydroxyl groups is 1. The number of alkyl halides is 1. The molecule has 0 aliphatic carbocycles. The zero-order chi connectivity index (χ0) is 10.8. The molecule has 1 aromatic carbocycles. The van der Waals surface area contributed by atoms with E-state index in [1.165, 1.54) is 0 Å². The van der Waals surface area contributed by atoms with Crippen molar-refractivity contribution in [2.75, 3.05) is 6.61 Å². The van der Waals surface area contributed by atoms with E-state index in [0.29, 0.717) is 6.61 Å². The van der Waals surface area contributed by atoms with Crippen LogP contribution in [0.4, 0.5) is 0 Å². The van der Waals surface area contributed by atoms with Crippen molar-refractivity contribution in [3.63, 3.8) is 0 Å². The lowest BCUT2D eigenvalue weighted by atomic mass is 10.1. The number of fused-ring (bicyclic) bond motifs is 1. The van der Waals surface area contributed by atoms with Crippen molar-refractivity contribution in [1.29, 1.82) is 0 Å². The first-order chi connectivity index (χ1) is 7.24. The number of rotatable bonds is 2.